The van der Waals surface area contributed by atoms with Crippen LogP contribution in [0.3, 0.4) is 0 Å². The van der Waals surface area contributed by atoms with Gasteiger partial charge in [-0.2, -0.15) is 10.1 Å². The van der Waals surface area contributed by atoms with Crippen molar-refractivity contribution in [3.8, 4) is 0 Å². The fourth-order valence-electron chi connectivity index (χ4n) is 2.21. The molecule has 132 valence electrons. The number of rotatable bonds is 5. The van der Waals surface area contributed by atoms with Crippen LogP contribution in [-0.2, 0) is 4.74 Å². The summed E-state index contributed by atoms with van der Waals surface area (Å²) in [6, 6.07) is 12.5. The molecule has 0 atom stereocenters. The minimum absolute atomic E-state index is 0.287. The van der Waals surface area contributed by atoms with E-state index >= 15 is 0 Å². The maximum atomic E-state index is 11.6. The monoisotopic (exact) mass is 369 g/mol. The molecule has 0 amide bonds. The van der Waals surface area contributed by atoms with Gasteiger partial charge in [0.25, 0.3) is 0 Å². The van der Waals surface area contributed by atoms with Gasteiger partial charge in [0, 0.05) is 16.4 Å². The standard InChI is InChI=1S/C18H16ClN5O2/c1-11-6-7-14(9-15(11)19)21-16-10-20-24-18(23-16)22-13-5-3-4-12(8-13)17(25)26-2/h3-10H,1-2H3,(H2,21,22,23,24). The lowest BCUT2D eigenvalue weighted by Crippen LogP contribution is -2.04. The molecule has 0 unspecified atom stereocenters. The van der Waals surface area contributed by atoms with Gasteiger partial charge in [-0.25, -0.2) is 4.79 Å². The first kappa shape index (κ1) is 17.6. The number of methoxy groups -OCH3 is 1. The van der Waals surface area contributed by atoms with Crippen LogP contribution in [-0.4, -0.2) is 28.3 Å². The second-order valence-corrected chi connectivity index (χ2v) is 5.86. The predicted octanol–water partition coefficient (Wildman–Crippen LogP) is 4.11. The molecule has 0 aliphatic carbocycles. The highest BCUT2D eigenvalue weighted by atomic mass is 35.5. The fraction of sp³-hybridized carbons (Fsp3) is 0.111. The van der Waals surface area contributed by atoms with Crippen molar-refractivity contribution in [2.24, 2.45) is 0 Å². The lowest BCUT2D eigenvalue weighted by Gasteiger charge is -2.09. The van der Waals surface area contributed by atoms with Crippen molar-refractivity contribution in [2.45, 2.75) is 6.92 Å². The van der Waals surface area contributed by atoms with E-state index in [2.05, 4.69) is 25.8 Å². The van der Waals surface area contributed by atoms with E-state index in [-0.39, 0.29) is 5.95 Å². The summed E-state index contributed by atoms with van der Waals surface area (Å²) >= 11 is 6.13. The van der Waals surface area contributed by atoms with Crippen molar-refractivity contribution in [1.29, 1.82) is 0 Å². The van der Waals surface area contributed by atoms with Crippen molar-refractivity contribution in [2.75, 3.05) is 17.7 Å². The van der Waals surface area contributed by atoms with Crippen LogP contribution in [0.4, 0.5) is 23.1 Å². The van der Waals surface area contributed by atoms with E-state index in [0.717, 1.165) is 11.3 Å². The number of aryl methyl sites for hydroxylation is 1. The molecule has 2 aromatic carbocycles. The molecule has 3 rings (SSSR count). The van der Waals surface area contributed by atoms with Crippen molar-refractivity contribution in [3.63, 3.8) is 0 Å². The molecule has 26 heavy (non-hydrogen) atoms. The SMILES string of the molecule is COC(=O)c1cccc(Nc2nncc(Nc3ccc(C)c(Cl)c3)n2)c1. The highest BCUT2D eigenvalue weighted by molar-refractivity contribution is 6.31. The number of carbonyl (C=O) groups excluding carboxylic acids is 1. The average molecular weight is 370 g/mol. The van der Waals surface area contributed by atoms with Crippen molar-refractivity contribution in [3.05, 3.63) is 64.8 Å². The number of hydrogen-bond donors (Lipinski definition) is 2. The molecule has 1 aromatic heterocycles. The van der Waals surface area contributed by atoms with E-state index in [1.54, 1.807) is 24.3 Å². The number of nitrogens with one attached hydrogen (secondary N) is 2. The molecule has 0 radical (unpaired) electrons. The maximum Gasteiger partial charge on any atom is 0.337 e. The lowest BCUT2D eigenvalue weighted by atomic mass is 10.2. The third-order valence-electron chi connectivity index (χ3n) is 3.54. The Balaban J connectivity index is 1.77. The summed E-state index contributed by atoms with van der Waals surface area (Å²) in [5, 5.41) is 14.7. The Hall–Kier alpha value is -3.19. The molecule has 0 saturated heterocycles. The molecule has 0 fully saturated rings. The summed E-state index contributed by atoms with van der Waals surface area (Å²) in [4.78, 5) is 16.0. The summed E-state index contributed by atoms with van der Waals surface area (Å²) in [5.74, 6) is 0.376. The normalized spacial score (nSPS) is 10.3. The largest absolute Gasteiger partial charge is 0.465 e. The highest BCUT2D eigenvalue weighted by Gasteiger charge is 2.07. The summed E-state index contributed by atoms with van der Waals surface area (Å²) in [5.41, 5.74) is 2.85. The second kappa shape index (κ2) is 7.79. The van der Waals surface area contributed by atoms with E-state index in [1.807, 2.05) is 25.1 Å². The number of hydrogen-bond acceptors (Lipinski definition) is 7. The fourth-order valence-corrected chi connectivity index (χ4v) is 2.39. The molecule has 3 aromatic rings. The average Bonchev–Trinajstić information content (AvgIpc) is 2.64. The first-order valence-electron chi connectivity index (χ1n) is 7.73. The van der Waals surface area contributed by atoms with E-state index in [1.165, 1.54) is 13.3 Å². The molecule has 1 heterocycles. The van der Waals surface area contributed by atoms with E-state index in [0.29, 0.717) is 22.1 Å². The van der Waals surface area contributed by atoms with Gasteiger partial charge in [-0.15, -0.1) is 5.10 Å². The molecule has 0 aliphatic rings. The van der Waals surface area contributed by atoms with E-state index in [4.69, 9.17) is 16.3 Å². The Morgan fingerprint density at radius 3 is 2.69 bits per heavy atom. The van der Waals surface area contributed by atoms with E-state index < -0.39 is 5.97 Å². The number of aromatic nitrogens is 3. The number of benzene rings is 2. The predicted molar refractivity (Wildman–Crippen MR) is 100 cm³/mol. The molecular formula is C18H16ClN5O2. The second-order valence-electron chi connectivity index (χ2n) is 5.45. The van der Waals surface area contributed by atoms with Gasteiger partial charge >= 0.3 is 5.97 Å². The van der Waals surface area contributed by atoms with Gasteiger partial charge in [-0.1, -0.05) is 23.7 Å². The Kier molecular flexibility index (Phi) is 5.28. The van der Waals surface area contributed by atoms with Gasteiger partial charge in [0.2, 0.25) is 5.95 Å². The van der Waals surface area contributed by atoms with Crippen LogP contribution in [0.2, 0.25) is 5.02 Å². The van der Waals surface area contributed by atoms with Gasteiger partial charge in [0.15, 0.2) is 5.82 Å². The molecule has 0 spiro atoms. The van der Waals surface area contributed by atoms with Crippen molar-refractivity contribution >= 4 is 40.7 Å². The molecule has 2 N–H and O–H groups in total. The molecule has 8 heteroatoms. The number of anilines is 4. The van der Waals surface area contributed by atoms with E-state index in [9.17, 15) is 4.79 Å². The van der Waals surface area contributed by atoms with Gasteiger partial charge < -0.3 is 15.4 Å². The topological polar surface area (TPSA) is 89.0 Å². The molecule has 0 bridgehead atoms. The first-order chi connectivity index (χ1) is 12.5. The molecular weight excluding hydrogens is 354 g/mol. The Morgan fingerprint density at radius 1 is 1.12 bits per heavy atom. The van der Waals surface area contributed by atoms with Crippen LogP contribution in [0.25, 0.3) is 0 Å². The van der Waals surface area contributed by atoms with Crippen LogP contribution in [0.1, 0.15) is 15.9 Å². The van der Waals surface area contributed by atoms with Gasteiger partial charge in [-0.05, 0) is 42.8 Å². The summed E-state index contributed by atoms with van der Waals surface area (Å²) in [6.45, 7) is 1.93. The third kappa shape index (κ3) is 4.25. The number of halogens is 1. The molecule has 0 saturated carbocycles. The quantitative estimate of drug-likeness (QED) is 0.654. The summed E-state index contributed by atoms with van der Waals surface area (Å²) in [6.07, 6.45) is 1.50. The number of carbonyl (C=O) groups is 1. The number of ether oxygens (including phenoxy) is 1. The zero-order chi connectivity index (χ0) is 18.5. The first-order valence-corrected chi connectivity index (χ1v) is 8.11. The van der Waals surface area contributed by atoms with Gasteiger partial charge in [-0.3, -0.25) is 0 Å². The lowest BCUT2D eigenvalue weighted by molar-refractivity contribution is 0.0601. The summed E-state index contributed by atoms with van der Waals surface area (Å²) < 4.78 is 4.71. The van der Waals surface area contributed by atoms with Crippen LogP contribution in [0, 0.1) is 6.92 Å². The van der Waals surface area contributed by atoms with Crippen molar-refractivity contribution < 1.29 is 9.53 Å². The van der Waals surface area contributed by atoms with Crippen LogP contribution in [0.15, 0.2) is 48.7 Å². The third-order valence-corrected chi connectivity index (χ3v) is 3.95. The highest BCUT2D eigenvalue weighted by Crippen LogP contribution is 2.23. The summed E-state index contributed by atoms with van der Waals surface area (Å²) in [7, 11) is 1.34. The van der Waals surface area contributed by atoms with Gasteiger partial charge in [0.05, 0.1) is 18.9 Å². The maximum absolute atomic E-state index is 11.6. The van der Waals surface area contributed by atoms with Gasteiger partial charge in [0.1, 0.15) is 0 Å². The molecule has 0 aliphatic heterocycles. The van der Waals surface area contributed by atoms with Crippen LogP contribution >= 0.6 is 11.6 Å². The zero-order valence-corrected chi connectivity index (χ0v) is 14.9. The molecule has 7 nitrogen and oxygen atoms in total. The zero-order valence-electron chi connectivity index (χ0n) is 14.2. The minimum atomic E-state index is -0.417. The number of esters is 1. The van der Waals surface area contributed by atoms with Crippen molar-refractivity contribution in [1.82, 2.24) is 15.2 Å². The Morgan fingerprint density at radius 2 is 1.92 bits per heavy atom. The smallest absolute Gasteiger partial charge is 0.337 e. The Labute approximate surface area is 155 Å². The Bertz CT molecular complexity index is 948. The minimum Gasteiger partial charge on any atom is -0.465 e. The van der Waals surface area contributed by atoms with Crippen LogP contribution in [0.5, 0.6) is 0 Å². The number of nitrogens with zero attached hydrogens (tertiary/aromatic N) is 3. The van der Waals surface area contributed by atoms with Crippen LogP contribution < -0.4 is 10.6 Å².